The summed E-state index contributed by atoms with van der Waals surface area (Å²) >= 11 is 0. The van der Waals surface area contributed by atoms with Crippen molar-refractivity contribution in [1.29, 1.82) is 0 Å². The van der Waals surface area contributed by atoms with E-state index in [1.165, 1.54) is 70.6 Å². The van der Waals surface area contributed by atoms with Gasteiger partial charge in [-0.05, 0) is 32.1 Å². The van der Waals surface area contributed by atoms with Crippen LogP contribution in [0.1, 0.15) is 110 Å². The zero-order valence-corrected chi connectivity index (χ0v) is 17.7. The molecule has 160 valence electrons. The first-order chi connectivity index (χ1) is 13.2. The Kier molecular flexibility index (Phi) is 20.7. The van der Waals surface area contributed by atoms with E-state index in [1.54, 1.807) is 0 Å². The summed E-state index contributed by atoms with van der Waals surface area (Å²) in [5, 5.41) is 17.7. The molecule has 0 aromatic rings. The van der Waals surface area contributed by atoms with E-state index in [0.717, 1.165) is 25.7 Å². The Hall–Kier alpha value is -0.870. The number of carbonyl (C=O) groups excluding carboxylic acids is 1. The van der Waals surface area contributed by atoms with E-state index in [2.05, 4.69) is 19.1 Å². The first-order valence-electron chi connectivity index (χ1n) is 11.3. The van der Waals surface area contributed by atoms with Crippen LogP contribution in [0.3, 0.4) is 0 Å². The van der Waals surface area contributed by atoms with Gasteiger partial charge in [-0.2, -0.15) is 0 Å². The Morgan fingerprint density at radius 2 is 1.30 bits per heavy atom. The first kappa shape index (κ1) is 26.1. The molecule has 4 heteroatoms. The third kappa shape index (κ3) is 21.3. The molecule has 2 N–H and O–H groups in total. The van der Waals surface area contributed by atoms with E-state index >= 15 is 0 Å². The number of esters is 1. The Balaban J connectivity index is 3.21. The van der Waals surface area contributed by atoms with Gasteiger partial charge in [-0.25, -0.2) is 0 Å². The van der Waals surface area contributed by atoms with E-state index in [9.17, 15) is 4.79 Å². The van der Waals surface area contributed by atoms with Crippen LogP contribution in [0, 0.1) is 0 Å². The van der Waals surface area contributed by atoms with Crippen LogP contribution in [-0.2, 0) is 9.53 Å². The van der Waals surface area contributed by atoms with Crippen LogP contribution >= 0.6 is 0 Å². The molecular formula is C23H44O4. The SMILES string of the molecule is CCCCCCCCCC/C=C\CCCCCCCC(=O)OCC(O)CO. The van der Waals surface area contributed by atoms with Crippen molar-refractivity contribution in [3.63, 3.8) is 0 Å². The van der Waals surface area contributed by atoms with Crippen molar-refractivity contribution in [2.75, 3.05) is 13.2 Å². The monoisotopic (exact) mass is 384 g/mol. The summed E-state index contributed by atoms with van der Waals surface area (Å²) in [7, 11) is 0. The highest BCUT2D eigenvalue weighted by Crippen LogP contribution is 2.11. The minimum atomic E-state index is -0.961. The second-order valence-electron chi connectivity index (χ2n) is 7.56. The normalized spacial score (nSPS) is 12.6. The Morgan fingerprint density at radius 1 is 0.815 bits per heavy atom. The fraction of sp³-hybridized carbons (Fsp3) is 0.870. The predicted molar refractivity (Wildman–Crippen MR) is 113 cm³/mol. The van der Waals surface area contributed by atoms with E-state index in [1.807, 2.05) is 0 Å². The number of hydrogen-bond donors (Lipinski definition) is 2. The lowest BCUT2D eigenvalue weighted by atomic mass is 10.1. The van der Waals surface area contributed by atoms with Gasteiger partial charge in [0.2, 0.25) is 0 Å². The van der Waals surface area contributed by atoms with Crippen molar-refractivity contribution >= 4 is 5.97 Å². The van der Waals surface area contributed by atoms with Gasteiger partial charge in [-0.3, -0.25) is 4.79 Å². The fourth-order valence-corrected chi connectivity index (χ4v) is 3.01. The Morgan fingerprint density at radius 3 is 1.81 bits per heavy atom. The second-order valence-corrected chi connectivity index (χ2v) is 7.56. The van der Waals surface area contributed by atoms with E-state index in [-0.39, 0.29) is 19.2 Å². The molecule has 0 heterocycles. The van der Waals surface area contributed by atoms with Gasteiger partial charge >= 0.3 is 5.97 Å². The molecule has 0 spiro atoms. The zero-order valence-electron chi connectivity index (χ0n) is 17.7. The predicted octanol–water partition coefficient (Wildman–Crippen LogP) is 5.70. The minimum Gasteiger partial charge on any atom is -0.463 e. The van der Waals surface area contributed by atoms with Gasteiger partial charge in [0.05, 0.1) is 6.61 Å². The van der Waals surface area contributed by atoms with Crippen LogP contribution in [0.2, 0.25) is 0 Å². The van der Waals surface area contributed by atoms with Crippen LogP contribution < -0.4 is 0 Å². The Bertz CT molecular complexity index is 341. The highest BCUT2D eigenvalue weighted by atomic mass is 16.5. The highest BCUT2D eigenvalue weighted by Gasteiger charge is 2.07. The number of rotatable bonds is 20. The van der Waals surface area contributed by atoms with Gasteiger partial charge < -0.3 is 14.9 Å². The van der Waals surface area contributed by atoms with Crippen LogP contribution in [0.5, 0.6) is 0 Å². The van der Waals surface area contributed by atoms with E-state index < -0.39 is 6.10 Å². The second kappa shape index (κ2) is 21.4. The summed E-state index contributed by atoms with van der Waals surface area (Å²) in [6.07, 6.45) is 23.0. The Labute approximate surface area is 167 Å². The summed E-state index contributed by atoms with van der Waals surface area (Å²) in [5.41, 5.74) is 0. The van der Waals surface area contributed by atoms with Crippen molar-refractivity contribution in [2.45, 2.75) is 116 Å². The molecule has 27 heavy (non-hydrogen) atoms. The lowest BCUT2D eigenvalue weighted by Gasteiger charge is -2.08. The van der Waals surface area contributed by atoms with Crippen LogP contribution in [0.4, 0.5) is 0 Å². The number of allylic oxidation sites excluding steroid dienone is 2. The fourth-order valence-electron chi connectivity index (χ4n) is 3.01. The molecule has 4 nitrogen and oxygen atoms in total. The smallest absolute Gasteiger partial charge is 0.305 e. The lowest BCUT2D eigenvalue weighted by molar-refractivity contribution is -0.147. The third-order valence-corrected chi connectivity index (χ3v) is 4.79. The summed E-state index contributed by atoms with van der Waals surface area (Å²) in [5.74, 6) is -0.286. The number of carbonyl (C=O) groups is 1. The van der Waals surface area contributed by atoms with Gasteiger partial charge in [0, 0.05) is 6.42 Å². The highest BCUT2D eigenvalue weighted by molar-refractivity contribution is 5.69. The van der Waals surface area contributed by atoms with Crippen LogP contribution in [0.15, 0.2) is 12.2 Å². The summed E-state index contributed by atoms with van der Waals surface area (Å²) in [6, 6.07) is 0. The maximum Gasteiger partial charge on any atom is 0.305 e. The summed E-state index contributed by atoms with van der Waals surface area (Å²) in [4.78, 5) is 11.4. The topological polar surface area (TPSA) is 66.8 Å². The van der Waals surface area contributed by atoms with Gasteiger partial charge in [-0.1, -0.05) is 83.3 Å². The molecule has 0 saturated carbocycles. The van der Waals surface area contributed by atoms with Gasteiger partial charge in [0.15, 0.2) is 0 Å². The maximum atomic E-state index is 11.4. The molecule has 1 unspecified atom stereocenters. The minimum absolute atomic E-state index is 0.110. The average molecular weight is 385 g/mol. The van der Waals surface area contributed by atoms with Crippen molar-refractivity contribution < 1.29 is 19.7 Å². The molecule has 0 aliphatic carbocycles. The molecule has 0 aromatic heterocycles. The average Bonchev–Trinajstić information content (AvgIpc) is 2.68. The molecule has 0 aliphatic rings. The largest absolute Gasteiger partial charge is 0.463 e. The lowest BCUT2D eigenvalue weighted by Crippen LogP contribution is -2.21. The molecule has 0 radical (unpaired) electrons. The quantitative estimate of drug-likeness (QED) is 0.160. The number of aliphatic hydroxyl groups excluding tert-OH is 2. The summed E-state index contributed by atoms with van der Waals surface area (Å²) < 4.78 is 4.87. The third-order valence-electron chi connectivity index (χ3n) is 4.79. The van der Waals surface area contributed by atoms with Gasteiger partial charge in [0.25, 0.3) is 0 Å². The van der Waals surface area contributed by atoms with Gasteiger partial charge in [0.1, 0.15) is 12.7 Å². The molecule has 0 saturated heterocycles. The zero-order chi connectivity index (χ0) is 20.0. The van der Waals surface area contributed by atoms with Crippen molar-refractivity contribution in [3.8, 4) is 0 Å². The van der Waals surface area contributed by atoms with Crippen molar-refractivity contribution in [1.82, 2.24) is 0 Å². The van der Waals surface area contributed by atoms with Crippen molar-refractivity contribution in [3.05, 3.63) is 12.2 Å². The van der Waals surface area contributed by atoms with Crippen molar-refractivity contribution in [2.24, 2.45) is 0 Å². The number of hydrogen-bond acceptors (Lipinski definition) is 4. The number of unbranched alkanes of at least 4 members (excludes halogenated alkanes) is 13. The van der Waals surface area contributed by atoms with E-state index in [0.29, 0.717) is 6.42 Å². The molecule has 0 bridgehead atoms. The molecule has 0 rings (SSSR count). The van der Waals surface area contributed by atoms with Crippen LogP contribution in [0.25, 0.3) is 0 Å². The first-order valence-corrected chi connectivity index (χ1v) is 11.3. The molecular weight excluding hydrogens is 340 g/mol. The summed E-state index contributed by atoms with van der Waals surface area (Å²) in [6.45, 7) is 1.78. The van der Waals surface area contributed by atoms with Gasteiger partial charge in [-0.15, -0.1) is 0 Å². The molecule has 0 amide bonds. The number of ether oxygens (including phenoxy) is 1. The molecule has 0 aromatic carbocycles. The molecule has 0 fully saturated rings. The molecule has 0 aliphatic heterocycles. The van der Waals surface area contributed by atoms with Crippen LogP contribution in [-0.4, -0.2) is 35.5 Å². The number of aliphatic hydroxyl groups is 2. The van der Waals surface area contributed by atoms with E-state index in [4.69, 9.17) is 14.9 Å². The standard InChI is InChI=1S/C23H44O4/c1-2-3-4-5-6-7-8-9-10-11-12-13-14-15-16-17-18-19-23(26)27-21-22(25)20-24/h11-12,22,24-25H,2-10,13-21H2,1H3/b12-11-. The maximum absolute atomic E-state index is 11.4. The molecule has 1 atom stereocenters.